The molecule has 0 aliphatic heterocycles. The van der Waals surface area contributed by atoms with Crippen molar-refractivity contribution in [3.8, 4) is 0 Å². The molecule has 15 heavy (non-hydrogen) atoms. The molecule has 2 aromatic rings. The zero-order valence-electron chi connectivity index (χ0n) is 8.97. The summed E-state index contributed by atoms with van der Waals surface area (Å²) in [5.41, 5.74) is 0. The highest BCUT2D eigenvalue weighted by Crippen LogP contribution is 2.06. The van der Waals surface area contributed by atoms with E-state index in [1.807, 2.05) is 10.8 Å². The van der Waals surface area contributed by atoms with Crippen molar-refractivity contribution in [1.82, 2.24) is 19.7 Å². The molecule has 5 nitrogen and oxygen atoms in total. The molecule has 5 heteroatoms. The average molecular weight is 206 g/mol. The Morgan fingerprint density at radius 3 is 2.93 bits per heavy atom. The lowest BCUT2D eigenvalue weighted by Gasteiger charge is -2.02. The number of aryl methyl sites for hydroxylation is 2. The van der Waals surface area contributed by atoms with Gasteiger partial charge in [0.25, 0.3) is 0 Å². The fourth-order valence-corrected chi connectivity index (χ4v) is 1.48. The predicted molar refractivity (Wildman–Crippen MR) is 54.4 cm³/mol. The van der Waals surface area contributed by atoms with E-state index in [2.05, 4.69) is 22.1 Å². The molecule has 0 aliphatic carbocycles. The number of hydrogen-bond donors (Lipinski definition) is 0. The van der Waals surface area contributed by atoms with Crippen LogP contribution in [0.2, 0.25) is 0 Å². The van der Waals surface area contributed by atoms with E-state index < -0.39 is 0 Å². The Labute approximate surface area is 88.2 Å². The molecule has 80 valence electrons. The van der Waals surface area contributed by atoms with Gasteiger partial charge < -0.3 is 8.98 Å². The van der Waals surface area contributed by atoms with Crippen molar-refractivity contribution in [3.63, 3.8) is 0 Å². The van der Waals surface area contributed by atoms with E-state index in [1.54, 1.807) is 13.1 Å². The van der Waals surface area contributed by atoms with Crippen LogP contribution in [-0.2, 0) is 13.0 Å². The maximum atomic E-state index is 5.32. The fraction of sp³-hybridized carbons (Fsp3) is 0.500. The predicted octanol–water partition coefficient (Wildman–Crippen LogP) is 1.58. The van der Waals surface area contributed by atoms with Gasteiger partial charge in [0.05, 0.1) is 0 Å². The molecule has 2 aromatic heterocycles. The van der Waals surface area contributed by atoms with Gasteiger partial charge in [0, 0.05) is 25.7 Å². The molecule has 0 unspecified atom stereocenters. The molecular formula is C10H14N4O. The second kappa shape index (κ2) is 4.25. The van der Waals surface area contributed by atoms with Crippen LogP contribution >= 0.6 is 0 Å². The summed E-state index contributed by atoms with van der Waals surface area (Å²) in [6.07, 6.45) is 5.79. The van der Waals surface area contributed by atoms with Crippen LogP contribution in [-0.4, -0.2) is 19.7 Å². The molecule has 0 saturated carbocycles. The van der Waals surface area contributed by atoms with Crippen LogP contribution in [0, 0.1) is 6.92 Å². The first-order chi connectivity index (χ1) is 7.29. The first-order valence-electron chi connectivity index (χ1n) is 5.08. The topological polar surface area (TPSA) is 56.7 Å². The van der Waals surface area contributed by atoms with E-state index in [0.29, 0.717) is 18.3 Å². The Morgan fingerprint density at radius 2 is 2.27 bits per heavy atom. The third kappa shape index (κ3) is 2.23. The third-order valence-corrected chi connectivity index (χ3v) is 2.15. The molecule has 0 aromatic carbocycles. The molecule has 0 radical (unpaired) electrons. The van der Waals surface area contributed by atoms with Crippen molar-refractivity contribution in [1.29, 1.82) is 0 Å². The van der Waals surface area contributed by atoms with E-state index >= 15 is 0 Å². The van der Waals surface area contributed by atoms with Crippen molar-refractivity contribution >= 4 is 0 Å². The third-order valence-electron chi connectivity index (χ3n) is 2.15. The van der Waals surface area contributed by atoms with Crippen LogP contribution in [0.25, 0.3) is 0 Å². The fourth-order valence-electron chi connectivity index (χ4n) is 1.48. The van der Waals surface area contributed by atoms with Crippen molar-refractivity contribution < 1.29 is 4.42 Å². The molecule has 0 aliphatic rings. The average Bonchev–Trinajstić information content (AvgIpc) is 2.78. The molecule has 2 heterocycles. The largest absolute Gasteiger partial charge is 0.424 e. The summed E-state index contributed by atoms with van der Waals surface area (Å²) in [5.74, 6) is 2.29. The van der Waals surface area contributed by atoms with Gasteiger partial charge in [-0.1, -0.05) is 6.92 Å². The molecular weight excluding hydrogens is 192 g/mol. The normalized spacial score (nSPS) is 10.8. The van der Waals surface area contributed by atoms with E-state index in [1.165, 1.54) is 0 Å². The lowest BCUT2D eigenvalue weighted by Crippen LogP contribution is -2.04. The van der Waals surface area contributed by atoms with E-state index in [0.717, 1.165) is 18.7 Å². The number of hydrogen-bond acceptors (Lipinski definition) is 4. The van der Waals surface area contributed by atoms with E-state index in [9.17, 15) is 0 Å². The van der Waals surface area contributed by atoms with Gasteiger partial charge in [-0.2, -0.15) is 0 Å². The van der Waals surface area contributed by atoms with Gasteiger partial charge in [0.2, 0.25) is 11.8 Å². The summed E-state index contributed by atoms with van der Waals surface area (Å²) >= 11 is 0. The van der Waals surface area contributed by atoms with Crippen LogP contribution < -0.4 is 0 Å². The zero-order valence-corrected chi connectivity index (χ0v) is 8.97. The van der Waals surface area contributed by atoms with Crippen molar-refractivity contribution in [2.75, 3.05) is 0 Å². The second-order valence-electron chi connectivity index (χ2n) is 3.44. The Morgan fingerprint density at radius 1 is 1.40 bits per heavy atom. The molecule has 0 N–H and O–H groups in total. The van der Waals surface area contributed by atoms with Gasteiger partial charge in [-0.05, 0) is 6.42 Å². The van der Waals surface area contributed by atoms with Gasteiger partial charge in [0.15, 0.2) is 0 Å². The van der Waals surface area contributed by atoms with E-state index in [4.69, 9.17) is 4.42 Å². The zero-order chi connectivity index (χ0) is 10.7. The summed E-state index contributed by atoms with van der Waals surface area (Å²) in [4.78, 5) is 4.28. The first kappa shape index (κ1) is 9.89. The number of imidazole rings is 1. The SMILES string of the molecule is CCCc1nccn1Cc1nnc(C)o1. The van der Waals surface area contributed by atoms with Crippen molar-refractivity contribution in [2.45, 2.75) is 33.2 Å². The summed E-state index contributed by atoms with van der Waals surface area (Å²) in [5, 5.41) is 7.75. The highest BCUT2D eigenvalue weighted by molar-refractivity contribution is 4.95. The van der Waals surface area contributed by atoms with Crippen LogP contribution in [0.1, 0.15) is 31.0 Å². The molecule has 2 rings (SSSR count). The minimum atomic E-state index is 0.599. The van der Waals surface area contributed by atoms with Crippen LogP contribution in [0.3, 0.4) is 0 Å². The Bertz CT molecular complexity index is 432. The molecule has 0 saturated heterocycles. The molecule has 0 atom stereocenters. The molecule has 0 bridgehead atoms. The number of rotatable bonds is 4. The van der Waals surface area contributed by atoms with Gasteiger partial charge in [0.1, 0.15) is 12.4 Å². The van der Waals surface area contributed by atoms with Gasteiger partial charge >= 0.3 is 0 Å². The Balaban J connectivity index is 2.13. The second-order valence-corrected chi connectivity index (χ2v) is 3.44. The number of aromatic nitrogens is 4. The van der Waals surface area contributed by atoms with Crippen LogP contribution in [0.15, 0.2) is 16.8 Å². The standard InChI is InChI=1S/C10H14N4O/c1-3-4-9-11-5-6-14(9)7-10-13-12-8(2)15-10/h5-6H,3-4,7H2,1-2H3. The quantitative estimate of drug-likeness (QED) is 0.762. The highest BCUT2D eigenvalue weighted by Gasteiger charge is 2.06. The van der Waals surface area contributed by atoms with Gasteiger partial charge in [-0.25, -0.2) is 4.98 Å². The Hall–Kier alpha value is -1.65. The lowest BCUT2D eigenvalue weighted by atomic mass is 10.3. The number of nitrogens with zero attached hydrogens (tertiary/aromatic N) is 4. The summed E-state index contributed by atoms with van der Waals surface area (Å²) < 4.78 is 7.36. The molecule has 0 fully saturated rings. The monoisotopic (exact) mass is 206 g/mol. The highest BCUT2D eigenvalue weighted by atomic mass is 16.4. The maximum Gasteiger partial charge on any atom is 0.236 e. The minimum Gasteiger partial charge on any atom is -0.424 e. The van der Waals surface area contributed by atoms with E-state index in [-0.39, 0.29) is 0 Å². The van der Waals surface area contributed by atoms with Gasteiger partial charge in [-0.15, -0.1) is 10.2 Å². The summed E-state index contributed by atoms with van der Waals surface area (Å²) in [7, 11) is 0. The van der Waals surface area contributed by atoms with Crippen molar-refractivity contribution in [2.24, 2.45) is 0 Å². The van der Waals surface area contributed by atoms with Crippen LogP contribution in [0.5, 0.6) is 0 Å². The minimum absolute atomic E-state index is 0.599. The maximum absolute atomic E-state index is 5.32. The lowest BCUT2D eigenvalue weighted by molar-refractivity contribution is 0.450. The van der Waals surface area contributed by atoms with Gasteiger partial charge in [-0.3, -0.25) is 0 Å². The Kier molecular flexibility index (Phi) is 2.80. The first-order valence-corrected chi connectivity index (χ1v) is 5.08. The summed E-state index contributed by atoms with van der Waals surface area (Å²) in [6, 6.07) is 0. The smallest absolute Gasteiger partial charge is 0.236 e. The van der Waals surface area contributed by atoms with Crippen LogP contribution in [0.4, 0.5) is 0 Å². The summed E-state index contributed by atoms with van der Waals surface area (Å²) in [6.45, 7) is 4.53. The van der Waals surface area contributed by atoms with Crippen molar-refractivity contribution in [3.05, 3.63) is 30.0 Å². The molecule has 0 spiro atoms. The molecule has 0 amide bonds.